The number of benzene rings is 4. The summed E-state index contributed by atoms with van der Waals surface area (Å²) < 4.78 is 2.30. The second-order valence-electron chi connectivity index (χ2n) is 11.0. The van der Waals surface area contributed by atoms with Gasteiger partial charge in [0.1, 0.15) is 5.65 Å². The number of rotatable bonds is 2. The number of aliphatic imine (C=N–C) groups is 1. The molecular weight excluding hydrogens is 498 g/mol. The van der Waals surface area contributed by atoms with E-state index in [2.05, 4.69) is 144 Å². The number of allylic oxidation sites excluding steroid dienone is 6. The zero-order valence-electron chi connectivity index (χ0n) is 22.3. The summed E-state index contributed by atoms with van der Waals surface area (Å²) in [5.41, 5.74) is 11.5. The van der Waals surface area contributed by atoms with Crippen molar-refractivity contribution in [2.24, 2.45) is 10.9 Å². The van der Waals surface area contributed by atoms with E-state index in [9.17, 15) is 0 Å². The van der Waals surface area contributed by atoms with Gasteiger partial charge in [-0.1, -0.05) is 97.1 Å². The number of hydrogen-bond donors (Lipinski definition) is 0. The molecule has 0 fully saturated rings. The molecule has 0 spiro atoms. The zero-order chi connectivity index (χ0) is 26.9. The fourth-order valence-electron chi connectivity index (χ4n) is 6.72. The number of dihydropyridines is 1. The maximum Gasteiger partial charge on any atom is 0.146 e. The van der Waals surface area contributed by atoms with E-state index in [1.54, 1.807) is 0 Å². The first kappa shape index (κ1) is 22.5. The molecule has 3 heterocycles. The maximum atomic E-state index is 5.26. The van der Waals surface area contributed by atoms with Crippen molar-refractivity contribution in [3.05, 3.63) is 156 Å². The first-order chi connectivity index (χ1) is 20.3. The Hall–Kier alpha value is -5.28. The number of imidazole rings is 1. The predicted molar refractivity (Wildman–Crippen MR) is 171 cm³/mol. The molecule has 2 aromatic heterocycles. The highest BCUT2D eigenvalue weighted by atomic mass is 15.0. The number of para-hydroxylation sites is 3. The van der Waals surface area contributed by atoms with Crippen LogP contribution >= 0.6 is 0 Å². The zero-order valence-corrected chi connectivity index (χ0v) is 22.3. The van der Waals surface area contributed by atoms with E-state index in [4.69, 9.17) is 9.98 Å². The number of nitrogens with zero attached hydrogens (tertiary/aromatic N) is 3. The van der Waals surface area contributed by atoms with Gasteiger partial charge in [-0.15, -0.1) is 0 Å². The number of pyridine rings is 1. The molecule has 9 rings (SSSR count). The Balaban J connectivity index is 1.18. The van der Waals surface area contributed by atoms with Crippen molar-refractivity contribution < 1.29 is 0 Å². The van der Waals surface area contributed by atoms with Crippen LogP contribution in [0.5, 0.6) is 0 Å². The van der Waals surface area contributed by atoms with E-state index in [0.29, 0.717) is 5.92 Å². The van der Waals surface area contributed by atoms with Gasteiger partial charge in [-0.3, -0.25) is 9.39 Å². The molecule has 0 saturated heterocycles. The van der Waals surface area contributed by atoms with E-state index in [1.807, 2.05) is 0 Å². The smallest absolute Gasteiger partial charge is 0.146 e. The van der Waals surface area contributed by atoms with Crippen LogP contribution in [0.25, 0.3) is 49.5 Å². The van der Waals surface area contributed by atoms with E-state index in [1.165, 1.54) is 38.6 Å². The van der Waals surface area contributed by atoms with Crippen molar-refractivity contribution in [1.29, 1.82) is 0 Å². The van der Waals surface area contributed by atoms with Crippen LogP contribution in [0.15, 0.2) is 156 Å². The molecule has 0 amide bonds. The monoisotopic (exact) mass is 523 g/mol. The second-order valence-corrected chi connectivity index (χ2v) is 11.0. The quantitative estimate of drug-likeness (QED) is 0.209. The fraction of sp³-hybridized carbons (Fsp3) is 0.0526. The van der Waals surface area contributed by atoms with Gasteiger partial charge in [0.15, 0.2) is 0 Å². The molecule has 0 N–H and O–H groups in total. The molecule has 0 bridgehead atoms. The lowest BCUT2D eigenvalue weighted by atomic mass is 9.79. The molecular formula is C38H25N3. The lowest BCUT2D eigenvalue weighted by molar-refractivity contribution is 0.637. The maximum absolute atomic E-state index is 5.26. The summed E-state index contributed by atoms with van der Waals surface area (Å²) in [4.78, 5) is 10.3. The minimum atomic E-state index is 0.124. The summed E-state index contributed by atoms with van der Waals surface area (Å²) in [6, 6.07) is 32.8. The van der Waals surface area contributed by atoms with Crippen LogP contribution in [-0.2, 0) is 0 Å². The van der Waals surface area contributed by atoms with E-state index in [-0.39, 0.29) is 6.04 Å². The summed E-state index contributed by atoms with van der Waals surface area (Å²) in [6.45, 7) is 0. The van der Waals surface area contributed by atoms with Crippen molar-refractivity contribution in [2.75, 3.05) is 0 Å². The largest absolute Gasteiger partial charge is 0.292 e. The molecule has 3 aliphatic rings. The average Bonchev–Trinajstić information content (AvgIpc) is 3.44. The molecule has 4 aromatic carbocycles. The normalized spacial score (nSPS) is 19.4. The molecule has 0 radical (unpaired) electrons. The van der Waals surface area contributed by atoms with Crippen LogP contribution < -0.4 is 0 Å². The average molecular weight is 524 g/mol. The summed E-state index contributed by atoms with van der Waals surface area (Å²) in [5, 5.41) is 3.61. The van der Waals surface area contributed by atoms with Gasteiger partial charge in [0, 0.05) is 22.3 Å². The van der Waals surface area contributed by atoms with Crippen LogP contribution in [0.4, 0.5) is 0 Å². The van der Waals surface area contributed by atoms with E-state index in [0.717, 1.165) is 33.3 Å². The molecule has 2 unspecified atom stereocenters. The second kappa shape index (κ2) is 8.61. The third-order valence-electron chi connectivity index (χ3n) is 8.71. The Morgan fingerprint density at radius 1 is 0.585 bits per heavy atom. The molecule has 6 aromatic rings. The number of fused-ring (bicyclic) bond motifs is 11. The van der Waals surface area contributed by atoms with Crippen LogP contribution in [0.3, 0.4) is 0 Å². The lowest BCUT2D eigenvalue weighted by Crippen LogP contribution is -2.27. The molecule has 2 aliphatic carbocycles. The molecule has 192 valence electrons. The van der Waals surface area contributed by atoms with Gasteiger partial charge in [0.25, 0.3) is 0 Å². The first-order valence-corrected chi connectivity index (χ1v) is 14.2. The summed E-state index contributed by atoms with van der Waals surface area (Å²) >= 11 is 0. The van der Waals surface area contributed by atoms with Gasteiger partial charge in [-0.25, -0.2) is 4.98 Å². The van der Waals surface area contributed by atoms with Crippen molar-refractivity contribution in [1.82, 2.24) is 9.38 Å². The third kappa shape index (κ3) is 3.39. The van der Waals surface area contributed by atoms with Gasteiger partial charge < -0.3 is 0 Å². The third-order valence-corrected chi connectivity index (χ3v) is 8.71. The molecule has 3 nitrogen and oxygen atoms in total. The van der Waals surface area contributed by atoms with Crippen LogP contribution in [0.1, 0.15) is 5.56 Å². The van der Waals surface area contributed by atoms with Gasteiger partial charge >= 0.3 is 0 Å². The predicted octanol–water partition coefficient (Wildman–Crippen LogP) is 8.80. The van der Waals surface area contributed by atoms with Gasteiger partial charge in [0.05, 0.1) is 28.3 Å². The van der Waals surface area contributed by atoms with Crippen molar-refractivity contribution in [3.63, 3.8) is 0 Å². The van der Waals surface area contributed by atoms with Gasteiger partial charge in [-0.2, -0.15) is 0 Å². The van der Waals surface area contributed by atoms with Gasteiger partial charge in [-0.05, 0) is 70.1 Å². The molecule has 41 heavy (non-hydrogen) atoms. The minimum absolute atomic E-state index is 0.124. The highest BCUT2D eigenvalue weighted by Gasteiger charge is 2.29. The molecule has 0 saturated carbocycles. The SMILES string of the molecule is C1=CC2=CC=C3C=CC(c4cccc(-c5ccc6c(c5)c5ccccc5n5c7ccccc7nc65)c4)=NC3C2C=C1. The van der Waals surface area contributed by atoms with Crippen LogP contribution in [0, 0.1) is 5.92 Å². The Morgan fingerprint density at radius 3 is 2.39 bits per heavy atom. The summed E-state index contributed by atoms with van der Waals surface area (Å²) in [5.74, 6) is 0.299. The number of aromatic nitrogens is 2. The minimum Gasteiger partial charge on any atom is -0.292 e. The van der Waals surface area contributed by atoms with E-state index >= 15 is 0 Å². The lowest BCUT2D eigenvalue weighted by Gasteiger charge is -2.30. The Labute approximate surface area is 237 Å². The number of hydrogen-bond acceptors (Lipinski definition) is 2. The molecule has 3 heteroatoms. The molecule has 2 atom stereocenters. The summed E-state index contributed by atoms with van der Waals surface area (Å²) in [7, 11) is 0. The van der Waals surface area contributed by atoms with Gasteiger partial charge in [0.2, 0.25) is 0 Å². The van der Waals surface area contributed by atoms with Crippen molar-refractivity contribution >= 4 is 44.1 Å². The van der Waals surface area contributed by atoms with Crippen molar-refractivity contribution in [2.45, 2.75) is 6.04 Å². The highest BCUT2D eigenvalue weighted by molar-refractivity contribution is 6.15. The highest BCUT2D eigenvalue weighted by Crippen LogP contribution is 2.37. The Kier molecular flexibility index (Phi) is 4.73. The summed E-state index contributed by atoms with van der Waals surface area (Å²) in [6.07, 6.45) is 17.6. The topological polar surface area (TPSA) is 29.7 Å². The van der Waals surface area contributed by atoms with Crippen LogP contribution in [0.2, 0.25) is 0 Å². The Bertz CT molecular complexity index is 2270. The van der Waals surface area contributed by atoms with Crippen molar-refractivity contribution in [3.8, 4) is 11.1 Å². The van der Waals surface area contributed by atoms with E-state index < -0.39 is 0 Å². The van der Waals surface area contributed by atoms with Crippen LogP contribution in [-0.4, -0.2) is 21.1 Å². The fourth-order valence-corrected chi connectivity index (χ4v) is 6.72. The first-order valence-electron chi connectivity index (χ1n) is 14.2. The Morgan fingerprint density at radius 2 is 1.41 bits per heavy atom. The standard InChI is InChI=1S/C38H25N3/c1-2-11-29-24(8-1)16-17-25-19-21-33(39-37(25)29)28-10-7-9-26(22-28)27-18-20-31-32(23-27)30-12-3-5-14-35(30)41-36-15-6-4-13-34(36)40-38(31)41/h1-23,29,37H. The molecule has 1 aliphatic heterocycles.